The second-order valence-electron chi connectivity index (χ2n) is 6.87. The van der Waals surface area contributed by atoms with E-state index in [9.17, 15) is 26.7 Å². The highest BCUT2D eigenvalue weighted by Gasteiger charge is 2.56. The number of halogens is 6. The Morgan fingerprint density at radius 3 is 2.77 bits per heavy atom. The number of ether oxygens (including phenoxy) is 1. The van der Waals surface area contributed by atoms with Gasteiger partial charge in [0.2, 0.25) is 0 Å². The third-order valence-electron chi connectivity index (χ3n) is 4.67. The molecule has 0 aliphatic carbocycles. The lowest BCUT2D eigenvalue weighted by Crippen LogP contribution is -2.51. The molecule has 0 saturated carbocycles. The van der Waals surface area contributed by atoms with Crippen LogP contribution < -0.4 is 5.73 Å². The number of nitrogens with two attached hydrogens (primary N) is 1. The Kier molecular flexibility index (Phi) is 5.76. The highest BCUT2D eigenvalue weighted by molar-refractivity contribution is 6.33. The Labute approximate surface area is 172 Å². The van der Waals surface area contributed by atoms with Crippen LogP contribution in [0.3, 0.4) is 0 Å². The van der Waals surface area contributed by atoms with Gasteiger partial charge in [-0.1, -0.05) is 17.7 Å². The second-order valence-corrected chi connectivity index (χ2v) is 7.28. The maximum atomic E-state index is 14.5. The fourth-order valence-corrected chi connectivity index (χ4v) is 3.30. The number of alkyl halides is 4. The Hall–Kier alpha value is -2.69. The molecule has 1 aliphatic rings. The van der Waals surface area contributed by atoms with Crippen molar-refractivity contribution in [2.75, 3.05) is 6.61 Å². The minimum atomic E-state index is -3.57. The van der Waals surface area contributed by atoms with Gasteiger partial charge in [-0.25, -0.2) is 18.2 Å². The Bertz CT molecular complexity index is 1010. The molecular weight excluding hydrogens is 435 g/mol. The molecule has 12 heteroatoms. The summed E-state index contributed by atoms with van der Waals surface area (Å²) in [6.07, 6.45) is -1.99. The zero-order chi connectivity index (χ0) is 22.3. The number of aliphatic imine (C=N–C) groups is 1. The van der Waals surface area contributed by atoms with E-state index >= 15 is 0 Å². The summed E-state index contributed by atoms with van der Waals surface area (Å²) in [5.41, 5.74) is 2.50. The summed E-state index contributed by atoms with van der Waals surface area (Å²) >= 11 is 5.89. The summed E-state index contributed by atoms with van der Waals surface area (Å²) in [6.45, 7) is -0.823. The van der Waals surface area contributed by atoms with Crippen molar-refractivity contribution < 1.29 is 31.5 Å². The standard InChI is InChI=1S/C18H16ClF5N4O2/c1-17(18(23,24)8-30-16(25)26-17)10-4-9(2-3-12(10)20)5-13(29)15-11(19)6-28(27-15)7-14(21)22/h2-4,6,14H,5,7-8H2,1H3,(H2,25,26)/t17-/m1/s1. The molecule has 0 bridgehead atoms. The first kappa shape index (κ1) is 22.0. The number of hydrogen-bond donors (Lipinski definition) is 1. The number of nitrogens with zero attached hydrogens (tertiary/aromatic N) is 3. The van der Waals surface area contributed by atoms with E-state index in [1.807, 2.05) is 0 Å². The van der Waals surface area contributed by atoms with Crippen LogP contribution in [0.15, 0.2) is 29.4 Å². The normalized spacial score (nSPS) is 20.7. The van der Waals surface area contributed by atoms with Crippen molar-refractivity contribution in [2.45, 2.75) is 37.8 Å². The van der Waals surface area contributed by atoms with Gasteiger partial charge in [0, 0.05) is 18.2 Å². The number of rotatable bonds is 6. The molecule has 162 valence electrons. The van der Waals surface area contributed by atoms with Crippen molar-refractivity contribution >= 4 is 23.4 Å². The predicted molar refractivity (Wildman–Crippen MR) is 97.5 cm³/mol. The molecule has 2 N–H and O–H groups in total. The number of amidine groups is 1. The topological polar surface area (TPSA) is 82.5 Å². The number of ketones is 1. The summed E-state index contributed by atoms with van der Waals surface area (Å²) in [5, 5.41) is 3.59. The number of carbonyl (C=O) groups excluding carboxylic acids is 1. The summed E-state index contributed by atoms with van der Waals surface area (Å²) in [7, 11) is 0. The SMILES string of the molecule is C[C@]1(c2cc(CC(=O)c3nn(CC(F)F)cc3Cl)ccc2F)N=C(N)OCC1(F)F. The van der Waals surface area contributed by atoms with E-state index < -0.39 is 54.2 Å². The van der Waals surface area contributed by atoms with Crippen LogP contribution in [0.2, 0.25) is 5.02 Å². The van der Waals surface area contributed by atoms with Crippen LogP contribution in [-0.2, 0) is 23.2 Å². The maximum Gasteiger partial charge on any atom is 0.310 e. The van der Waals surface area contributed by atoms with Crippen LogP contribution in [0.25, 0.3) is 0 Å². The molecule has 0 amide bonds. The molecule has 1 aromatic carbocycles. The Morgan fingerprint density at radius 2 is 2.10 bits per heavy atom. The van der Waals surface area contributed by atoms with Crippen molar-refractivity contribution in [1.29, 1.82) is 0 Å². The molecule has 1 aliphatic heterocycles. The van der Waals surface area contributed by atoms with Crippen molar-refractivity contribution in [1.82, 2.24) is 9.78 Å². The molecule has 30 heavy (non-hydrogen) atoms. The summed E-state index contributed by atoms with van der Waals surface area (Å²) in [4.78, 5) is 16.1. The molecule has 2 heterocycles. The first-order chi connectivity index (χ1) is 13.9. The molecule has 0 unspecified atom stereocenters. The first-order valence-corrected chi connectivity index (χ1v) is 9.00. The van der Waals surface area contributed by atoms with E-state index in [4.69, 9.17) is 17.3 Å². The lowest BCUT2D eigenvalue weighted by Gasteiger charge is -2.37. The monoisotopic (exact) mass is 450 g/mol. The van der Waals surface area contributed by atoms with E-state index in [0.29, 0.717) is 0 Å². The fraction of sp³-hybridized carbons (Fsp3) is 0.389. The van der Waals surface area contributed by atoms with Gasteiger partial charge in [0.05, 0.1) is 5.02 Å². The van der Waals surface area contributed by atoms with E-state index in [-0.39, 0.29) is 22.7 Å². The van der Waals surface area contributed by atoms with Crippen LogP contribution in [0.4, 0.5) is 22.0 Å². The first-order valence-electron chi connectivity index (χ1n) is 8.62. The average Bonchev–Trinajstić information content (AvgIpc) is 3.00. The van der Waals surface area contributed by atoms with Gasteiger partial charge in [-0.3, -0.25) is 9.48 Å². The lowest BCUT2D eigenvalue weighted by atomic mass is 9.84. The fourth-order valence-electron chi connectivity index (χ4n) is 3.04. The number of carbonyl (C=O) groups is 1. The van der Waals surface area contributed by atoms with Crippen LogP contribution in [0, 0.1) is 5.82 Å². The molecule has 1 aromatic heterocycles. The number of benzene rings is 1. The van der Waals surface area contributed by atoms with E-state index in [1.165, 1.54) is 6.07 Å². The van der Waals surface area contributed by atoms with Gasteiger partial charge < -0.3 is 10.5 Å². The molecule has 2 aromatic rings. The number of aromatic nitrogens is 2. The number of Topliss-reactive ketones (excluding diaryl/α,β-unsaturated/α-hetero) is 1. The molecular formula is C18H16ClF5N4O2. The highest BCUT2D eigenvalue weighted by atomic mass is 35.5. The number of hydrogen-bond acceptors (Lipinski definition) is 5. The predicted octanol–water partition coefficient (Wildman–Crippen LogP) is 3.56. The van der Waals surface area contributed by atoms with Gasteiger partial charge in [0.15, 0.2) is 17.9 Å². The molecule has 3 rings (SSSR count). The smallest absolute Gasteiger partial charge is 0.310 e. The Morgan fingerprint density at radius 1 is 1.40 bits per heavy atom. The summed E-state index contributed by atoms with van der Waals surface area (Å²) in [5.74, 6) is -5.19. The zero-order valence-electron chi connectivity index (χ0n) is 15.5. The summed E-state index contributed by atoms with van der Waals surface area (Å²) < 4.78 is 73.8. The molecule has 6 nitrogen and oxygen atoms in total. The van der Waals surface area contributed by atoms with Gasteiger partial charge in [-0.15, -0.1) is 0 Å². The second kappa shape index (κ2) is 7.86. The van der Waals surface area contributed by atoms with Crippen molar-refractivity contribution in [3.63, 3.8) is 0 Å². The van der Waals surface area contributed by atoms with Crippen molar-refractivity contribution in [2.24, 2.45) is 10.7 Å². The van der Waals surface area contributed by atoms with Gasteiger partial charge in [-0.05, 0) is 24.6 Å². The van der Waals surface area contributed by atoms with Gasteiger partial charge in [0.1, 0.15) is 18.1 Å². The highest BCUT2D eigenvalue weighted by Crippen LogP contribution is 2.44. The molecule has 1 atom stereocenters. The van der Waals surface area contributed by atoms with E-state index in [2.05, 4.69) is 14.8 Å². The van der Waals surface area contributed by atoms with Crippen molar-refractivity contribution in [3.8, 4) is 0 Å². The quantitative estimate of drug-likeness (QED) is 0.539. The minimum Gasteiger partial charge on any atom is -0.459 e. The molecule has 0 fully saturated rings. The third kappa shape index (κ3) is 4.11. The van der Waals surface area contributed by atoms with Crippen molar-refractivity contribution in [3.05, 3.63) is 52.1 Å². The van der Waals surface area contributed by atoms with Crippen LogP contribution >= 0.6 is 11.6 Å². The minimum absolute atomic E-state index is 0.136. The average molecular weight is 451 g/mol. The van der Waals surface area contributed by atoms with Crippen LogP contribution in [0.1, 0.15) is 28.5 Å². The zero-order valence-corrected chi connectivity index (χ0v) is 16.3. The van der Waals surface area contributed by atoms with E-state index in [1.54, 1.807) is 0 Å². The van der Waals surface area contributed by atoms with Gasteiger partial charge in [-0.2, -0.15) is 13.9 Å². The largest absolute Gasteiger partial charge is 0.459 e. The molecule has 0 radical (unpaired) electrons. The maximum absolute atomic E-state index is 14.5. The summed E-state index contributed by atoms with van der Waals surface area (Å²) in [6, 6.07) is 2.72. The third-order valence-corrected chi connectivity index (χ3v) is 4.95. The van der Waals surface area contributed by atoms with Gasteiger partial charge >= 0.3 is 5.92 Å². The van der Waals surface area contributed by atoms with Gasteiger partial charge in [0.25, 0.3) is 12.4 Å². The Balaban J connectivity index is 1.92. The van der Waals surface area contributed by atoms with E-state index in [0.717, 1.165) is 29.9 Å². The molecule has 0 spiro atoms. The van der Waals surface area contributed by atoms with Crippen LogP contribution in [0.5, 0.6) is 0 Å². The molecule has 0 saturated heterocycles. The van der Waals surface area contributed by atoms with Crippen LogP contribution in [-0.4, -0.2) is 40.5 Å². The lowest BCUT2D eigenvalue weighted by molar-refractivity contribution is -0.117.